The van der Waals surface area contributed by atoms with Gasteiger partial charge in [0.2, 0.25) is 0 Å². The average molecular weight is 228 g/mol. The van der Waals surface area contributed by atoms with Crippen LogP contribution in [0.3, 0.4) is 0 Å². The first-order valence-electron chi connectivity index (χ1n) is 6.54. The highest BCUT2D eigenvalue weighted by atomic mass is 14.9. The first-order valence-corrected chi connectivity index (χ1v) is 6.54. The normalized spacial score (nSPS) is 16.5. The van der Waals surface area contributed by atoms with Gasteiger partial charge in [-0.05, 0) is 36.5 Å². The van der Waals surface area contributed by atoms with Crippen molar-refractivity contribution >= 4 is 0 Å². The van der Waals surface area contributed by atoms with Gasteiger partial charge in [0.05, 0.1) is 11.6 Å². The summed E-state index contributed by atoms with van der Waals surface area (Å²) in [6.45, 7) is 3.16. The molecule has 1 fully saturated rings. The Morgan fingerprint density at radius 3 is 2.59 bits per heavy atom. The van der Waals surface area contributed by atoms with Crippen LogP contribution in [-0.2, 0) is 6.54 Å². The molecule has 0 radical (unpaired) electrons. The minimum atomic E-state index is 0.651. The lowest BCUT2D eigenvalue weighted by Crippen LogP contribution is -2.28. The van der Waals surface area contributed by atoms with Crippen LogP contribution in [0.5, 0.6) is 0 Å². The summed E-state index contributed by atoms with van der Waals surface area (Å²) in [5.41, 5.74) is 2.00. The van der Waals surface area contributed by atoms with Gasteiger partial charge in [0.1, 0.15) is 0 Å². The third-order valence-corrected chi connectivity index (χ3v) is 3.49. The van der Waals surface area contributed by atoms with Gasteiger partial charge >= 0.3 is 0 Å². The third kappa shape index (κ3) is 3.87. The summed E-state index contributed by atoms with van der Waals surface area (Å²) < 4.78 is 0. The number of nitrogens with one attached hydrogen (secondary N) is 1. The average Bonchev–Trinajstić information content (AvgIpc) is 3.19. The van der Waals surface area contributed by atoms with Gasteiger partial charge in [-0.1, -0.05) is 31.9 Å². The molecule has 0 heterocycles. The van der Waals surface area contributed by atoms with E-state index in [0.717, 1.165) is 18.0 Å². The molecule has 1 aromatic rings. The molecule has 2 heteroatoms. The molecule has 1 aromatic carbocycles. The molecule has 0 saturated heterocycles. The molecule has 1 aliphatic rings. The van der Waals surface area contributed by atoms with E-state index in [1.807, 2.05) is 24.3 Å². The topological polar surface area (TPSA) is 35.8 Å². The Hall–Kier alpha value is -1.33. The number of rotatable bonds is 6. The van der Waals surface area contributed by atoms with Crippen LogP contribution < -0.4 is 5.32 Å². The fraction of sp³-hybridized carbons (Fsp3) is 0.533. The highest BCUT2D eigenvalue weighted by Gasteiger charge is 2.24. The number of nitrogens with zero attached hydrogens (tertiary/aromatic N) is 1. The number of hydrogen-bond donors (Lipinski definition) is 1. The van der Waals surface area contributed by atoms with Crippen LogP contribution >= 0.6 is 0 Å². The summed E-state index contributed by atoms with van der Waals surface area (Å²) in [7, 11) is 0. The second-order valence-corrected chi connectivity index (χ2v) is 4.97. The predicted octanol–water partition coefficient (Wildman–Crippen LogP) is 3.23. The van der Waals surface area contributed by atoms with Gasteiger partial charge in [-0.3, -0.25) is 0 Å². The standard InChI is InChI=1S/C15H20N2/c1-2-15(9-12-3-4-12)17-11-14-7-5-13(10-16)6-8-14/h5-8,12,15,17H,2-4,9,11H2,1H3. The highest BCUT2D eigenvalue weighted by Crippen LogP contribution is 2.34. The molecule has 1 N–H and O–H groups in total. The van der Waals surface area contributed by atoms with Crippen molar-refractivity contribution in [2.24, 2.45) is 5.92 Å². The van der Waals surface area contributed by atoms with Crippen molar-refractivity contribution in [2.75, 3.05) is 0 Å². The van der Waals surface area contributed by atoms with Crippen molar-refractivity contribution in [3.8, 4) is 6.07 Å². The van der Waals surface area contributed by atoms with E-state index >= 15 is 0 Å². The van der Waals surface area contributed by atoms with E-state index in [0.29, 0.717) is 6.04 Å². The Morgan fingerprint density at radius 1 is 1.35 bits per heavy atom. The highest BCUT2D eigenvalue weighted by molar-refractivity contribution is 5.31. The Morgan fingerprint density at radius 2 is 2.06 bits per heavy atom. The molecule has 1 saturated carbocycles. The van der Waals surface area contributed by atoms with E-state index in [9.17, 15) is 0 Å². The van der Waals surface area contributed by atoms with E-state index in [1.54, 1.807) is 0 Å². The van der Waals surface area contributed by atoms with Crippen molar-refractivity contribution in [2.45, 2.75) is 45.2 Å². The summed E-state index contributed by atoms with van der Waals surface area (Å²) in [6, 6.07) is 10.6. The summed E-state index contributed by atoms with van der Waals surface area (Å²) in [4.78, 5) is 0. The summed E-state index contributed by atoms with van der Waals surface area (Å²) in [5, 5.41) is 12.3. The van der Waals surface area contributed by atoms with Crippen LogP contribution in [0.2, 0.25) is 0 Å². The molecule has 2 rings (SSSR count). The molecule has 2 nitrogen and oxygen atoms in total. The summed E-state index contributed by atoms with van der Waals surface area (Å²) >= 11 is 0. The van der Waals surface area contributed by atoms with E-state index in [4.69, 9.17) is 5.26 Å². The van der Waals surface area contributed by atoms with Crippen molar-refractivity contribution in [1.29, 1.82) is 5.26 Å². The molecule has 1 atom stereocenters. The van der Waals surface area contributed by atoms with Crippen LogP contribution in [0.15, 0.2) is 24.3 Å². The van der Waals surface area contributed by atoms with E-state index < -0.39 is 0 Å². The fourth-order valence-corrected chi connectivity index (χ4v) is 2.11. The minimum absolute atomic E-state index is 0.651. The monoisotopic (exact) mass is 228 g/mol. The van der Waals surface area contributed by atoms with E-state index in [2.05, 4.69) is 18.3 Å². The Bertz CT molecular complexity index is 384. The molecule has 90 valence electrons. The first kappa shape index (κ1) is 12.1. The van der Waals surface area contributed by atoms with Crippen LogP contribution in [-0.4, -0.2) is 6.04 Å². The molecule has 17 heavy (non-hydrogen) atoms. The first-order chi connectivity index (χ1) is 8.31. The lowest BCUT2D eigenvalue weighted by molar-refractivity contribution is 0.445. The summed E-state index contributed by atoms with van der Waals surface area (Å²) in [6.07, 6.45) is 5.38. The fourth-order valence-electron chi connectivity index (χ4n) is 2.11. The molecule has 0 bridgehead atoms. The quantitative estimate of drug-likeness (QED) is 0.811. The van der Waals surface area contributed by atoms with Crippen LogP contribution in [0.25, 0.3) is 0 Å². The minimum Gasteiger partial charge on any atom is -0.310 e. The van der Waals surface area contributed by atoms with Gasteiger partial charge in [-0.25, -0.2) is 0 Å². The van der Waals surface area contributed by atoms with E-state index in [1.165, 1.54) is 31.2 Å². The van der Waals surface area contributed by atoms with Gasteiger partial charge in [-0.2, -0.15) is 5.26 Å². The van der Waals surface area contributed by atoms with Crippen molar-refractivity contribution in [3.63, 3.8) is 0 Å². The van der Waals surface area contributed by atoms with Crippen LogP contribution in [0.1, 0.15) is 43.7 Å². The zero-order chi connectivity index (χ0) is 12.1. The molecular weight excluding hydrogens is 208 g/mol. The largest absolute Gasteiger partial charge is 0.310 e. The maximum Gasteiger partial charge on any atom is 0.0991 e. The Labute approximate surface area is 104 Å². The van der Waals surface area contributed by atoms with Gasteiger partial charge in [0, 0.05) is 12.6 Å². The number of hydrogen-bond acceptors (Lipinski definition) is 2. The van der Waals surface area contributed by atoms with Gasteiger partial charge in [0.15, 0.2) is 0 Å². The van der Waals surface area contributed by atoms with Gasteiger partial charge in [0.25, 0.3) is 0 Å². The Balaban J connectivity index is 1.80. The van der Waals surface area contributed by atoms with Crippen LogP contribution in [0.4, 0.5) is 0 Å². The van der Waals surface area contributed by atoms with Crippen molar-refractivity contribution in [3.05, 3.63) is 35.4 Å². The molecule has 0 amide bonds. The lowest BCUT2D eigenvalue weighted by Gasteiger charge is -2.16. The van der Waals surface area contributed by atoms with Crippen molar-refractivity contribution in [1.82, 2.24) is 5.32 Å². The SMILES string of the molecule is CCC(CC1CC1)NCc1ccc(C#N)cc1. The molecule has 0 spiro atoms. The number of nitriles is 1. The second kappa shape index (κ2) is 5.84. The van der Waals surface area contributed by atoms with Gasteiger partial charge < -0.3 is 5.32 Å². The van der Waals surface area contributed by atoms with Crippen molar-refractivity contribution < 1.29 is 0 Å². The van der Waals surface area contributed by atoms with E-state index in [-0.39, 0.29) is 0 Å². The lowest BCUT2D eigenvalue weighted by atomic mass is 10.1. The molecule has 0 aliphatic heterocycles. The maximum atomic E-state index is 8.73. The zero-order valence-corrected chi connectivity index (χ0v) is 10.4. The molecule has 1 aliphatic carbocycles. The smallest absolute Gasteiger partial charge is 0.0991 e. The Kier molecular flexibility index (Phi) is 4.17. The second-order valence-electron chi connectivity index (χ2n) is 4.97. The molecule has 1 unspecified atom stereocenters. The van der Waals surface area contributed by atoms with Crippen LogP contribution in [0, 0.1) is 17.2 Å². The zero-order valence-electron chi connectivity index (χ0n) is 10.4. The van der Waals surface area contributed by atoms with Gasteiger partial charge in [-0.15, -0.1) is 0 Å². The maximum absolute atomic E-state index is 8.73. The number of benzene rings is 1. The predicted molar refractivity (Wildman–Crippen MR) is 69.4 cm³/mol. The molecule has 0 aromatic heterocycles. The third-order valence-electron chi connectivity index (χ3n) is 3.49. The summed E-state index contributed by atoms with van der Waals surface area (Å²) in [5.74, 6) is 0.980. The molecular formula is C15H20N2.